The average molecular weight is 485 g/mol. The van der Waals surface area contributed by atoms with Crippen LogP contribution in [-0.2, 0) is 20.0 Å². The van der Waals surface area contributed by atoms with E-state index < -0.39 is 36.6 Å². The van der Waals surface area contributed by atoms with E-state index in [1.54, 1.807) is 12.1 Å². The van der Waals surface area contributed by atoms with Gasteiger partial charge in [-0.25, -0.2) is 25.6 Å². The number of hydrogen-bond donors (Lipinski definition) is 2. The zero-order valence-electron chi connectivity index (χ0n) is 16.8. The van der Waals surface area contributed by atoms with E-state index in [9.17, 15) is 25.6 Å². The van der Waals surface area contributed by atoms with Crippen LogP contribution in [0.4, 0.5) is 20.2 Å². The molecule has 0 bridgehead atoms. The van der Waals surface area contributed by atoms with Crippen molar-refractivity contribution in [3.05, 3.63) is 72.3 Å². The largest absolute Gasteiger partial charge is 0.497 e. The predicted molar refractivity (Wildman–Crippen MR) is 114 cm³/mol. The van der Waals surface area contributed by atoms with Crippen molar-refractivity contribution in [1.29, 1.82) is 0 Å². The van der Waals surface area contributed by atoms with Gasteiger partial charge in [0, 0.05) is 11.8 Å². The molecule has 0 heterocycles. The number of sulfonamides is 2. The molecule has 0 saturated carbocycles. The molecule has 0 radical (unpaired) electrons. The predicted octanol–water partition coefficient (Wildman–Crippen LogP) is 3.58. The number of anilines is 2. The third kappa shape index (κ3) is 5.08. The van der Waals surface area contributed by atoms with Gasteiger partial charge >= 0.3 is 0 Å². The van der Waals surface area contributed by atoms with E-state index in [1.165, 1.54) is 38.5 Å². The van der Waals surface area contributed by atoms with Crippen LogP contribution in [0.5, 0.6) is 11.5 Å². The first-order valence-electron chi connectivity index (χ1n) is 8.88. The lowest BCUT2D eigenvalue weighted by Gasteiger charge is -2.15. The molecule has 2 N–H and O–H groups in total. The normalized spacial score (nSPS) is 11.6. The van der Waals surface area contributed by atoms with Gasteiger partial charge < -0.3 is 9.47 Å². The summed E-state index contributed by atoms with van der Waals surface area (Å²) in [4.78, 5) is -1.10. The van der Waals surface area contributed by atoms with E-state index in [2.05, 4.69) is 9.44 Å². The molecule has 3 aromatic rings. The van der Waals surface area contributed by atoms with Gasteiger partial charge in [0.2, 0.25) is 0 Å². The highest BCUT2D eigenvalue weighted by Crippen LogP contribution is 2.31. The molecule has 170 valence electrons. The second kappa shape index (κ2) is 9.01. The lowest BCUT2D eigenvalue weighted by Crippen LogP contribution is -2.17. The number of ether oxygens (including phenoxy) is 2. The topological polar surface area (TPSA) is 111 Å². The van der Waals surface area contributed by atoms with Crippen LogP contribution < -0.4 is 18.9 Å². The highest BCUT2D eigenvalue weighted by molar-refractivity contribution is 7.93. The van der Waals surface area contributed by atoms with Crippen LogP contribution in [0.15, 0.2) is 70.5 Å². The Bertz CT molecular complexity index is 1350. The van der Waals surface area contributed by atoms with Gasteiger partial charge in [0.05, 0.1) is 24.8 Å². The van der Waals surface area contributed by atoms with Gasteiger partial charge in [-0.1, -0.05) is 0 Å². The van der Waals surface area contributed by atoms with Gasteiger partial charge in [0.1, 0.15) is 28.0 Å². The van der Waals surface area contributed by atoms with Gasteiger partial charge in [-0.05, 0) is 54.6 Å². The van der Waals surface area contributed by atoms with Crippen LogP contribution in [0, 0.1) is 11.6 Å². The van der Waals surface area contributed by atoms with Crippen LogP contribution >= 0.6 is 0 Å². The molecule has 0 unspecified atom stereocenters. The van der Waals surface area contributed by atoms with Gasteiger partial charge in [0.25, 0.3) is 20.0 Å². The van der Waals surface area contributed by atoms with E-state index in [0.717, 1.165) is 18.2 Å². The zero-order valence-corrected chi connectivity index (χ0v) is 18.4. The number of rotatable bonds is 8. The maximum Gasteiger partial charge on any atom is 0.264 e. The van der Waals surface area contributed by atoms with Crippen LogP contribution in [-0.4, -0.2) is 31.1 Å². The summed E-state index contributed by atoms with van der Waals surface area (Å²) in [6.07, 6.45) is 0. The fourth-order valence-corrected chi connectivity index (χ4v) is 4.91. The van der Waals surface area contributed by atoms with Crippen LogP contribution in [0.2, 0.25) is 0 Å². The molecule has 0 aliphatic heterocycles. The maximum absolute atomic E-state index is 14.0. The van der Waals surface area contributed by atoms with Crippen LogP contribution in [0.1, 0.15) is 0 Å². The van der Waals surface area contributed by atoms with Crippen LogP contribution in [0.25, 0.3) is 0 Å². The summed E-state index contributed by atoms with van der Waals surface area (Å²) in [5.74, 6) is -1.74. The molecule has 8 nitrogen and oxygen atoms in total. The van der Waals surface area contributed by atoms with Crippen molar-refractivity contribution in [1.82, 2.24) is 0 Å². The van der Waals surface area contributed by atoms with E-state index in [4.69, 9.17) is 9.47 Å². The third-order valence-electron chi connectivity index (χ3n) is 4.25. The molecule has 0 atom stereocenters. The maximum atomic E-state index is 14.0. The number of halogens is 2. The second-order valence-electron chi connectivity index (χ2n) is 6.38. The van der Waals surface area contributed by atoms with E-state index in [0.29, 0.717) is 11.8 Å². The lowest BCUT2D eigenvalue weighted by molar-refractivity contribution is 0.415. The summed E-state index contributed by atoms with van der Waals surface area (Å²) < 4.78 is 92.4. The summed E-state index contributed by atoms with van der Waals surface area (Å²) in [6, 6.07) is 11.5. The Labute approximate surface area is 183 Å². The Hall–Kier alpha value is -3.38. The molecule has 32 heavy (non-hydrogen) atoms. The minimum Gasteiger partial charge on any atom is -0.497 e. The van der Waals surface area contributed by atoms with Gasteiger partial charge in [-0.15, -0.1) is 0 Å². The summed E-state index contributed by atoms with van der Waals surface area (Å²) in [5, 5.41) is 0. The monoisotopic (exact) mass is 484 g/mol. The van der Waals surface area contributed by atoms with E-state index in [-0.39, 0.29) is 22.0 Å². The molecule has 0 amide bonds. The quantitative estimate of drug-likeness (QED) is 0.506. The van der Waals surface area contributed by atoms with Gasteiger partial charge in [-0.2, -0.15) is 0 Å². The Morgan fingerprint density at radius 3 is 2.03 bits per heavy atom. The third-order valence-corrected chi connectivity index (χ3v) is 7.03. The molecule has 12 heteroatoms. The zero-order chi connectivity index (χ0) is 23.5. The molecular formula is C20H18F2N2O6S2. The van der Waals surface area contributed by atoms with Crippen molar-refractivity contribution in [3.8, 4) is 11.5 Å². The van der Waals surface area contributed by atoms with Gasteiger partial charge in [-0.3, -0.25) is 9.44 Å². The smallest absolute Gasteiger partial charge is 0.264 e. The Morgan fingerprint density at radius 1 is 0.750 bits per heavy atom. The first-order valence-corrected chi connectivity index (χ1v) is 11.8. The SMILES string of the molecule is COc1ccc(NS(=O)(=O)c2ccc(OC)c(NS(=O)(=O)c3ccc(F)cc3F)c2)cc1. The summed E-state index contributed by atoms with van der Waals surface area (Å²) in [7, 11) is -5.93. The molecule has 0 spiro atoms. The number of methoxy groups -OCH3 is 2. The van der Waals surface area contributed by atoms with Crippen molar-refractivity contribution < 1.29 is 35.1 Å². The minimum atomic E-state index is -4.52. The second-order valence-corrected chi connectivity index (χ2v) is 9.71. The lowest BCUT2D eigenvalue weighted by atomic mass is 10.3. The molecule has 0 fully saturated rings. The molecule has 0 aliphatic rings. The fourth-order valence-electron chi connectivity index (χ4n) is 2.70. The number of hydrogen-bond acceptors (Lipinski definition) is 6. The molecule has 0 aromatic heterocycles. The first-order chi connectivity index (χ1) is 15.1. The summed E-state index contributed by atoms with van der Waals surface area (Å²) in [6.45, 7) is 0. The van der Waals surface area contributed by atoms with Crippen molar-refractivity contribution >= 4 is 31.4 Å². The molecule has 3 aromatic carbocycles. The van der Waals surface area contributed by atoms with Crippen LogP contribution in [0.3, 0.4) is 0 Å². The summed E-state index contributed by atoms with van der Waals surface area (Å²) >= 11 is 0. The molecular weight excluding hydrogens is 466 g/mol. The molecule has 3 rings (SSSR count). The molecule has 0 saturated heterocycles. The Kier molecular flexibility index (Phi) is 6.55. The van der Waals surface area contributed by atoms with Crippen molar-refractivity contribution in [2.24, 2.45) is 0 Å². The van der Waals surface area contributed by atoms with Crippen molar-refractivity contribution in [3.63, 3.8) is 0 Å². The van der Waals surface area contributed by atoms with E-state index >= 15 is 0 Å². The Morgan fingerprint density at radius 2 is 1.44 bits per heavy atom. The highest BCUT2D eigenvalue weighted by atomic mass is 32.2. The summed E-state index contributed by atoms with van der Waals surface area (Å²) in [5.41, 5.74) is -0.00837. The number of nitrogens with one attached hydrogen (secondary N) is 2. The number of benzene rings is 3. The van der Waals surface area contributed by atoms with E-state index in [1.807, 2.05) is 0 Å². The minimum absolute atomic E-state index is 0.0144. The first kappa shape index (κ1) is 23.3. The standard InChI is InChI=1S/C20H18F2N2O6S2/c1-29-15-6-4-14(5-7-15)23-31(25,26)16-8-9-19(30-2)18(12-16)24-32(27,28)20-10-3-13(21)11-17(20)22/h3-12,23-24H,1-2H3. The van der Waals surface area contributed by atoms with Crippen molar-refractivity contribution in [2.75, 3.05) is 23.7 Å². The molecule has 0 aliphatic carbocycles. The Balaban J connectivity index is 1.95. The fraction of sp³-hybridized carbons (Fsp3) is 0.100. The van der Waals surface area contributed by atoms with Crippen molar-refractivity contribution in [2.45, 2.75) is 9.79 Å². The average Bonchev–Trinajstić information content (AvgIpc) is 2.73. The highest BCUT2D eigenvalue weighted by Gasteiger charge is 2.23. The van der Waals surface area contributed by atoms with Gasteiger partial charge in [0.15, 0.2) is 0 Å².